The first-order valence-electron chi connectivity index (χ1n) is 12.0. The van der Waals surface area contributed by atoms with Crippen molar-refractivity contribution in [3.05, 3.63) is 42.5 Å². The molecule has 0 spiro atoms. The normalized spacial score (nSPS) is 11.5. The molecule has 0 saturated heterocycles. The molecule has 36 heavy (non-hydrogen) atoms. The van der Waals surface area contributed by atoms with Gasteiger partial charge in [-0.2, -0.15) is 0 Å². The number of aryl methyl sites for hydroxylation is 1. The van der Waals surface area contributed by atoms with E-state index >= 15 is 0 Å². The van der Waals surface area contributed by atoms with Crippen LogP contribution < -0.4 is 20.7 Å². The summed E-state index contributed by atoms with van der Waals surface area (Å²) in [5.41, 5.74) is 12.0. The maximum absolute atomic E-state index is 6.41. The van der Waals surface area contributed by atoms with Gasteiger partial charge in [0.2, 0.25) is 5.95 Å². The third-order valence-corrected chi connectivity index (χ3v) is 6.08. The number of anilines is 4. The summed E-state index contributed by atoms with van der Waals surface area (Å²) in [6.07, 6.45) is 3.52. The van der Waals surface area contributed by atoms with Gasteiger partial charge in [-0.3, -0.25) is 0 Å². The van der Waals surface area contributed by atoms with Gasteiger partial charge in [-0.25, -0.2) is 19.9 Å². The van der Waals surface area contributed by atoms with Crippen molar-refractivity contribution in [1.29, 1.82) is 0 Å². The summed E-state index contributed by atoms with van der Waals surface area (Å²) in [6.45, 7) is 8.02. The molecule has 3 heterocycles. The Labute approximate surface area is 212 Å². The average molecular weight is 490 g/mol. The molecule has 0 aliphatic carbocycles. The number of nitrogens with two attached hydrogens (primary N) is 1. The Morgan fingerprint density at radius 3 is 2.56 bits per heavy atom. The molecule has 4 aromatic rings. The predicted octanol–water partition coefficient (Wildman–Crippen LogP) is 4.11. The summed E-state index contributed by atoms with van der Waals surface area (Å²) in [7, 11) is 7.75. The summed E-state index contributed by atoms with van der Waals surface area (Å²) in [5.74, 6) is 2.03. The Bertz CT molecular complexity index is 1360. The highest BCUT2D eigenvalue weighted by Gasteiger charge is 2.15. The fraction of sp³-hybridized carbons (Fsp3) is 0.385. The van der Waals surface area contributed by atoms with Crippen molar-refractivity contribution in [3.8, 4) is 17.0 Å². The Balaban J connectivity index is 1.63. The number of likely N-dealkylation sites (N-methyl/N-ethyl adjacent to an activating group) is 2. The summed E-state index contributed by atoms with van der Waals surface area (Å²) in [6, 6.07) is 8.01. The van der Waals surface area contributed by atoms with E-state index in [1.807, 2.05) is 46.3 Å². The number of nitrogens with zero attached hydrogens (tertiary/aromatic N) is 7. The number of rotatable bonds is 9. The summed E-state index contributed by atoms with van der Waals surface area (Å²) < 4.78 is 7.84. The molecule has 0 saturated carbocycles. The van der Waals surface area contributed by atoms with Crippen molar-refractivity contribution < 1.29 is 4.74 Å². The van der Waals surface area contributed by atoms with Crippen molar-refractivity contribution in [1.82, 2.24) is 29.4 Å². The largest absolute Gasteiger partial charge is 0.494 e. The molecule has 190 valence electrons. The van der Waals surface area contributed by atoms with Gasteiger partial charge in [-0.1, -0.05) is 0 Å². The van der Waals surface area contributed by atoms with Crippen LogP contribution in [-0.2, 0) is 0 Å². The SMILES string of the molecule is COc1cc(N(C)CCN(C)C)c(N)cc1Nc1nccc(-c2cnc3nc(C)n(C(C)C)c3c2)n1. The highest BCUT2D eigenvalue weighted by atomic mass is 16.5. The highest BCUT2D eigenvalue weighted by Crippen LogP contribution is 2.36. The number of nitrogens with one attached hydrogen (secondary N) is 1. The summed E-state index contributed by atoms with van der Waals surface area (Å²) >= 11 is 0. The molecule has 3 N–H and O–H groups in total. The van der Waals surface area contributed by atoms with Crippen molar-refractivity contribution in [2.45, 2.75) is 26.8 Å². The number of pyridine rings is 1. The third kappa shape index (κ3) is 5.18. The first kappa shape index (κ1) is 25.2. The van der Waals surface area contributed by atoms with Crippen LogP contribution >= 0.6 is 0 Å². The predicted molar refractivity (Wildman–Crippen MR) is 146 cm³/mol. The van der Waals surface area contributed by atoms with Gasteiger partial charge in [0, 0.05) is 50.2 Å². The molecule has 0 amide bonds. The zero-order chi connectivity index (χ0) is 26.0. The first-order valence-corrected chi connectivity index (χ1v) is 12.0. The van der Waals surface area contributed by atoms with Crippen LogP contribution in [0.4, 0.5) is 23.0 Å². The second kappa shape index (κ2) is 10.4. The van der Waals surface area contributed by atoms with Gasteiger partial charge in [-0.05, 0) is 53.1 Å². The van der Waals surface area contributed by atoms with E-state index in [0.29, 0.717) is 23.1 Å². The second-order valence-electron chi connectivity index (χ2n) is 9.42. The van der Waals surface area contributed by atoms with Gasteiger partial charge < -0.3 is 30.2 Å². The molecule has 0 aliphatic rings. The van der Waals surface area contributed by atoms with Crippen LogP contribution in [0.5, 0.6) is 5.75 Å². The first-order chi connectivity index (χ1) is 17.2. The minimum absolute atomic E-state index is 0.275. The lowest BCUT2D eigenvalue weighted by atomic mass is 10.2. The van der Waals surface area contributed by atoms with Crippen molar-refractivity contribution in [3.63, 3.8) is 0 Å². The highest BCUT2D eigenvalue weighted by molar-refractivity contribution is 5.80. The molecule has 10 heteroatoms. The minimum Gasteiger partial charge on any atom is -0.494 e. The molecule has 4 rings (SSSR count). The number of hydrogen-bond donors (Lipinski definition) is 2. The van der Waals surface area contributed by atoms with Crippen LogP contribution in [0.25, 0.3) is 22.4 Å². The number of fused-ring (bicyclic) bond motifs is 1. The van der Waals surface area contributed by atoms with Gasteiger partial charge in [0.05, 0.1) is 35.4 Å². The molecular formula is C26H35N9O. The van der Waals surface area contributed by atoms with Crippen molar-refractivity contribution in [2.24, 2.45) is 0 Å². The van der Waals surface area contributed by atoms with Crippen LogP contribution in [-0.4, -0.2) is 70.7 Å². The molecule has 0 fully saturated rings. The standard InChI is InChI=1S/C26H35N9O/c1-16(2)35-17(3)30-25-23(35)12-18(15-29-25)20-8-9-28-26(31-20)32-21-13-19(27)22(14-24(21)36-7)34(6)11-10-33(4)5/h8-9,12-16H,10-11,27H2,1-7H3,(H,28,31,32). The Morgan fingerprint density at radius 2 is 1.86 bits per heavy atom. The van der Waals surface area contributed by atoms with E-state index in [-0.39, 0.29) is 6.04 Å². The Hall–Kier alpha value is -3.92. The van der Waals surface area contributed by atoms with Gasteiger partial charge in [0.25, 0.3) is 0 Å². The van der Waals surface area contributed by atoms with Crippen molar-refractivity contribution >= 4 is 34.2 Å². The second-order valence-corrected chi connectivity index (χ2v) is 9.42. The minimum atomic E-state index is 0.275. The maximum Gasteiger partial charge on any atom is 0.227 e. The van der Waals surface area contributed by atoms with Crippen LogP contribution in [0.1, 0.15) is 25.7 Å². The van der Waals surface area contributed by atoms with Crippen LogP contribution in [0, 0.1) is 6.92 Å². The quantitative estimate of drug-likeness (QED) is 0.336. The molecule has 0 radical (unpaired) electrons. The van der Waals surface area contributed by atoms with E-state index in [9.17, 15) is 0 Å². The molecule has 10 nitrogen and oxygen atoms in total. The Kier molecular flexibility index (Phi) is 7.25. The monoisotopic (exact) mass is 489 g/mol. The van der Waals surface area contributed by atoms with Crippen LogP contribution in [0.3, 0.4) is 0 Å². The fourth-order valence-corrected chi connectivity index (χ4v) is 4.24. The van der Waals surface area contributed by atoms with Crippen LogP contribution in [0.2, 0.25) is 0 Å². The van der Waals surface area contributed by atoms with E-state index in [1.165, 1.54) is 0 Å². The van der Waals surface area contributed by atoms with Gasteiger partial charge in [0.1, 0.15) is 11.6 Å². The molecule has 0 aliphatic heterocycles. The number of benzene rings is 1. The zero-order valence-corrected chi connectivity index (χ0v) is 22.1. The summed E-state index contributed by atoms with van der Waals surface area (Å²) in [4.78, 5) is 22.5. The van der Waals surface area contributed by atoms with Gasteiger partial charge >= 0.3 is 0 Å². The molecule has 0 bridgehead atoms. The van der Waals surface area contributed by atoms with E-state index in [0.717, 1.165) is 47.0 Å². The third-order valence-electron chi connectivity index (χ3n) is 6.08. The zero-order valence-electron chi connectivity index (χ0n) is 22.1. The lowest BCUT2D eigenvalue weighted by Gasteiger charge is -2.24. The van der Waals surface area contributed by atoms with Crippen molar-refractivity contribution in [2.75, 3.05) is 57.3 Å². The lowest BCUT2D eigenvalue weighted by Crippen LogP contribution is -2.29. The molecule has 3 aromatic heterocycles. The summed E-state index contributed by atoms with van der Waals surface area (Å²) in [5, 5.41) is 3.27. The molecule has 0 atom stereocenters. The number of methoxy groups -OCH3 is 1. The molecule has 1 aromatic carbocycles. The van der Waals surface area contributed by atoms with Gasteiger partial charge in [0.15, 0.2) is 5.65 Å². The van der Waals surface area contributed by atoms with E-state index in [4.69, 9.17) is 15.5 Å². The number of aromatic nitrogens is 5. The fourth-order valence-electron chi connectivity index (χ4n) is 4.24. The number of hydrogen-bond acceptors (Lipinski definition) is 9. The lowest BCUT2D eigenvalue weighted by molar-refractivity contribution is 0.413. The molecular weight excluding hydrogens is 454 g/mol. The van der Waals surface area contributed by atoms with Crippen LogP contribution in [0.15, 0.2) is 36.7 Å². The van der Waals surface area contributed by atoms with Gasteiger partial charge in [-0.15, -0.1) is 0 Å². The van der Waals surface area contributed by atoms with E-state index < -0.39 is 0 Å². The number of ether oxygens (including phenoxy) is 1. The smallest absolute Gasteiger partial charge is 0.227 e. The average Bonchev–Trinajstić information content (AvgIpc) is 3.18. The topological polar surface area (TPSA) is 110 Å². The maximum atomic E-state index is 6.41. The Morgan fingerprint density at radius 1 is 1.08 bits per heavy atom. The number of imidazole rings is 1. The number of nitrogen functional groups attached to an aromatic ring is 1. The van der Waals surface area contributed by atoms with E-state index in [1.54, 1.807) is 19.5 Å². The molecule has 0 unspecified atom stereocenters. The van der Waals surface area contributed by atoms with E-state index in [2.05, 4.69) is 54.5 Å².